The third kappa shape index (κ3) is 2.59. The Hall–Kier alpha value is -2.09. The number of piperazine rings is 1. The Balaban J connectivity index is 1.97. The molecule has 2 heterocycles. The van der Waals surface area contributed by atoms with E-state index in [0.29, 0.717) is 12.0 Å². The zero-order valence-corrected chi connectivity index (χ0v) is 10.5. The first-order valence-electron chi connectivity index (χ1n) is 6.13. The van der Waals surface area contributed by atoms with Crippen molar-refractivity contribution in [3.63, 3.8) is 0 Å². The van der Waals surface area contributed by atoms with Crippen LogP contribution in [-0.4, -0.2) is 42.0 Å². The molecule has 0 bridgehead atoms. The van der Waals surface area contributed by atoms with Gasteiger partial charge in [-0.1, -0.05) is 6.92 Å². The number of hydrogen-bond donors (Lipinski definition) is 0. The van der Waals surface area contributed by atoms with Gasteiger partial charge in [0.1, 0.15) is 11.9 Å². The monoisotopic (exact) mass is 244 g/mol. The zero-order chi connectivity index (χ0) is 13.0. The smallest absolute Gasteiger partial charge is 0.222 e. The molecule has 94 valence electrons. The summed E-state index contributed by atoms with van der Waals surface area (Å²) in [6, 6.07) is 5.68. The summed E-state index contributed by atoms with van der Waals surface area (Å²) in [6.45, 7) is 4.97. The van der Waals surface area contributed by atoms with Gasteiger partial charge in [-0.05, 0) is 12.1 Å². The standard InChI is InChI=1S/C13H16N4O/c1-2-13(18)17-7-5-16(6-8-17)12-4-3-11(9-14)10-15-12/h3-4,10H,2,5-8H2,1H3. The molecule has 1 aliphatic heterocycles. The summed E-state index contributed by atoms with van der Waals surface area (Å²) >= 11 is 0. The minimum absolute atomic E-state index is 0.211. The summed E-state index contributed by atoms with van der Waals surface area (Å²) in [6.07, 6.45) is 2.15. The maximum absolute atomic E-state index is 11.5. The van der Waals surface area contributed by atoms with Crippen LogP contribution in [0.25, 0.3) is 0 Å². The number of amides is 1. The zero-order valence-electron chi connectivity index (χ0n) is 10.5. The molecule has 0 aromatic carbocycles. The van der Waals surface area contributed by atoms with E-state index in [9.17, 15) is 4.79 Å². The molecule has 0 atom stereocenters. The van der Waals surface area contributed by atoms with Crippen molar-refractivity contribution in [2.75, 3.05) is 31.1 Å². The molecular formula is C13H16N4O. The fraction of sp³-hybridized carbons (Fsp3) is 0.462. The molecule has 5 heteroatoms. The van der Waals surface area contributed by atoms with E-state index in [1.165, 1.54) is 0 Å². The Labute approximate surface area is 107 Å². The molecule has 0 spiro atoms. The molecule has 2 rings (SSSR count). The molecule has 1 saturated heterocycles. The first kappa shape index (κ1) is 12.4. The van der Waals surface area contributed by atoms with Crippen LogP contribution in [0.3, 0.4) is 0 Å². The molecule has 5 nitrogen and oxygen atoms in total. The molecule has 1 aliphatic rings. The third-order valence-electron chi connectivity index (χ3n) is 3.14. The van der Waals surface area contributed by atoms with E-state index in [1.807, 2.05) is 17.9 Å². The summed E-state index contributed by atoms with van der Waals surface area (Å²) < 4.78 is 0. The second-order valence-corrected chi connectivity index (χ2v) is 4.24. The van der Waals surface area contributed by atoms with Crippen LogP contribution in [0.5, 0.6) is 0 Å². The van der Waals surface area contributed by atoms with E-state index in [2.05, 4.69) is 16.0 Å². The van der Waals surface area contributed by atoms with Crippen LogP contribution in [-0.2, 0) is 4.79 Å². The van der Waals surface area contributed by atoms with Crippen molar-refractivity contribution in [2.24, 2.45) is 0 Å². The van der Waals surface area contributed by atoms with Gasteiger partial charge in [0.15, 0.2) is 0 Å². The van der Waals surface area contributed by atoms with Crippen molar-refractivity contribution in [1.29, 1.82) is 5.26 Å². The van der Waals surface area contributed by atoms with E-state index in [1.54, 1.807) is 12.3 Å². The van der Waals surface area contributed by atoms with Gasteiger partial charge in [0.2, 0.25) is 5.91 Å². The molecule has 1 fully saturated rings. The largest absolute Gasteiger partial charge is 0.353 e. The molecule has 18 heavy (non-hydrogen) atoms. The first-order chi connectivity index (χ1) is 8.74. The number of anilines is 1. The summed E-state index contributed by atoms with van der Waals surface area (Å²) in [5.41, 5.74) is 0.568. The Bertz CT molecular complexity index is 455. The Morgan fingerprint density at radius 1 is 1.39 bits per heavy atom. The summed E-state index contributed by atoms with van der Waals surface area (Å²) in [4.78, 5) is 19.8. The average molecular weight is 244 g/mol. The summed E-state index contributed by atoms with van der Waals surface area (Å²) in [5, 5.41) is 8.71. The lowest BCUT2D eigenvalue weighted by molar-refractivity contribution is -0.131. The highest BCUT2D eigenvalue weighted by Gasteiger charge is 2.20. The number of rotatable bonds is 2. The highest BCUT2D eigenvalue weighted by Crippen LogP contribution is 2.14. The van der Waals surface area contributed by atoms with Crippen LogP contribution in [0.2, 0.25) is 0 Å². The van der Waals surface area contributed by atoms with Crippen LogP contribution >= 0.6 is 0 Å². The van der Waals surface area contributed by atoms with E-state index in [0.717, 1.165) is 32.0 Å². The lowest BCUT2D eigenvalue weighted by atomic mass is 10.2. The van der Waals surface area contributed by atoms with Gasteiger partial charge >= 0.3 is 0 Å². The van der Waals surface area contributed by atoms with Crippen molar-refractivity contribution < 1.29 is 4.79 Å². The molecule has 1 aromatic rings. The summed E-state index contributed by atoms with van der Waals surface area (Å²) in [7, 11) is 0. The van der Waals surface area contributed by atoms with Gasteiger partial charge in [-0.15, -0.1) is 0 Å². The van der Waals surface area contributed by atoms with Crippen LogP contribution in [0.4, 0.5) is 5.82 Å². The molecule has 0 saturated carbocycles. The fourth-order valence-corrected chi connectivity index (χ4v) is 2.05. The quantitative estimate of drug-likeness (QED) is 0.779. The van der Waals surface area contributed by atoms with Crippen LogP contribution in [0.1, 0.15) is 18.9 Å². The molecular weight excluding hydrogens is 228 g/mol. The number of nitriles is 1. The van der Waals surface area contributed by atoms with Gasteiger partial charge < -0.3 is 9.80 Å². The van der Waals surface area contributed by atoms with E-state index in [-0.39, 0.29) is 5.91 Å². The number of hydrogen-bond acceptors (Lipinski definition) is 4. The molecule has 0 radical (unpaired) electrons. The van der Waals surface area contributed by atoms with Gasteiger partial charge in [-0.3, -0.25) is 4.79 Å². The van der Waals surface area contributed by atoms with E-state index >= 15 is 0 Å². The summed E-state index contributed by atoms with van der Waals surface area (Å²) in [5.74, 6) is 1.08. The number of aromatic nitrogens is 1. The Kier molecular flexibility index (Phi) is 3.78. The van der Waals surface area contributed by atoms with Crippen molar-refractivity contribution in [3.05, 3.63) is 23.9 Å². The number of pyridine rings is 1. The van der Waals surface area contributed by atoms with Gasteiger partial charge in [0.25, 0.3) is 0 Å². The normalized spacial score (nSPS) is 15.3. The Morgan fingerprint density at radius 3 is 2.61 bits per heavy atom. The van der Waals surface area contributed by atoms with Gasteiger partial charge in [-0.2, -0.15) is 5.26 Å². The van der Waals surface area contributed by atoms with Crippen molar-refractivity contribution in [1.82, 2.24) is 9.88 Å². The van der Waals surface area contributed by atoms with Crippen molar-refractivity contribution >= 4 is 11.7 Å². The molecule has 0 aliphatic carbocycles. The van der Waals surface area contributed by atoms with Crippen LogP contribution < -0.4 is 4.90 Å². The number of carbonyl (C=O) groups excluding carboxylic acids is 1. The fourth-order valence-electron chi connectivity index (χ4n) is 2.05. The maximum Gasteiger partial charge on any atom is 0.222 e. The second kappa shape index (κ2) is 5.50. The third-order valence-corrected chi connectivity index (χ3v) is 3.14. The van der Waals surface area contributed by atoms with Crippen molar-refractivity contribution in [3.8, 4) is 6.07 Å². The average Bonchev–Trinajstić information content (AvgIpc) is 2.47. The number of nitrogens with zero attached hydrogens (tertiary/aromatic N) is 4. The van der Waals surface area contributed by atoms with Crippen molar-refractivity contribution in [2.45, 2.75) is 13.3 Å². The molecule has 1 amide bonds. The lowest BCUT2D eigenvalue weighted by Crippen LogP contribution is -2.48. The molecule has 1 aromatic heterocycles. The van der Waals surface area contributed by atoms with Crippen LogP contribution in [0, 0.1) is 11.3 Å². The predicted octanol–water partition coefficient (Wildman–Crippen LogP) is 1.01. The number of carbonyl (C=O) groups is 1. The van der Waals surface area contributed by atoms with Gasteiger partial charge in [0, 0.05) is 38.8 Å². The Morgan fingerprint density at radius 2 is 2.11 bits per heavy atom. The maximum atomic E-state index is 11.5. The minimum atomic E-state index is 0.211. The highest BCUT2D eigenvalue weighted by atomic mass is 16.2. The van der Waals surface area contributed by atoms with Crippen LogP contribution in [0.15, 0.2) is 18.3 Å². The predicted molar refractivity (Wildman–Crippen MR) is 68.0 cm³/mol. The van der Waals surface area contributed by atoms with Gasteiger partial charge in [-0.25, -0.2) is 4.98 Å². The second-order valence-electron chi connectivity index (χ2n) is 4.24. The lowest BCUT2D eigenvalue weighted by Gasteiger charge is -2.35. The topological polar surface area (TPSA) is 60.2 Å². The van der Waals surface area contributed by atoms with E-state index < -0.39 is 0 Å². The first-order valence-corrected chi connectivity index (χ1v) is 6.13. The SMILES string of the molecule is CCC(=O)N1CCN(c2ccc(C#N)cn2)CC1. The molecule has 0 N–H and O–H groups in total. The highest BCUT2D eigenvalue weighted by molar-refractivity contribution is 5.76. The van der Waals surface area contributed by atoms with Gasteiger partial charge in [0.05, 0.1) is 5.56 Å². The van der Waals surface area contributed by atoms with E-state index in [4.69, 9.17) is 5.26 Å². The minimum Gasteiger partial charge on any atom is -0.353 e. The molecule has 0 unspecified atom stereocenters.